The highest BCUT2D eigenvalue weighted by atomic mass is 19.1. The summed E-state index contributed by atoms with van der Waals surface area (Å²) in [6.07, 6.45) is 11.2. The number of aryl methyl sites for hydroxylation is 1. The van der Waals surface area contributed by atoms with Crippen molar-refractivity contribution >= 4 is 11.5 Å². The average Bonchev–Trinajstić information content (AvgIpc) is 2.79. The molecule has 0 fully saturated rings. The first-order valence-corrected chi connectivity index (χ1v) is 10.2. The normalized spacial score (nSPS) is 10.8. The summed E-state index contributed by atoms with van der Waals surface area (Å²) in [6.45, 7) is 0.593. The van der Waals surface area contributed by atoms with Crippen LogP contribution in [-0.4, -0.2) is 17.4 Å². The van der Waals surface area contributed by atoms with Gasteiger partial charge in [0, 0.05) is 25.0 Å². The number of amides is 1. The van der Waals surface area contributed by atoms with Crippen molar-refractivity contribution in [3.05, 3.63) is 120 Å². The van der Waals surface area contributed by atoms with Crippen LogP contribution >= 0.6 is 0 Å². The SMILES string of the molecule is O=C(/C=C/C=C(c1ccc(F)cc1)c1ccc(F)cc1)NCCCCc1cccnc1. The molecule has 2 aromatic carbocycles. The maximum absolute atomic E-state index is 13.3. The second kappa shape index (κ2) is 11.6. The van der Waals surface area contributed by atoms with Crippen molar-refractivity contribution in [1.82, 2.24) is 10.3 Å². The molecule has 3 nitrogen and oxygen atoms in total. The molecule has 0 spiro atoms. The van der Waals surface area contributed by atoms with Crippen molar-refractivity contribution in [3.8, 4) is 0 Å². The lowest BCUT2D eigenvalue weighted by molar-refractivity contribution is -0.116. The topological polar surface area (TPSA) is 42.0 Å². The Hall–Kier alpha value is -3.60. The van der Waals surface area contributed by atoms with E-state index in [-0.39, 0.29) is 17.5 Å². The number of hydrogen-bond acceptors (Lipinski definition) is 2. The standard InChI is InChI=1S/C26H24F2N2O/c27-23-13-9-21(10-14-23)25(22-11-15-24(28)16-12-22)7-3-8-26(31)30-18-2-1-5-20-6-4-17-29-19-20/h3-4,6-17,19H,1-2,5,18H2,(H,30,31)/b8-3+. The van der Waals surface area contributed by atoms with Gasteiger partial charge in [-0.1, -0.05) is 42.5 Å². The molecule has 0 bridgehead atoms. The van der Waals surface area contributed by atoms with Crippen LogP contribution in [0.3, 0.4) is 0 Å². The zero-order valence-electron chi connectivity index (χ0n) is 17.1. The number of nitrogens with zero attached hydrogens (tertiary/aromatic N) is 1. The number of nitrogens with one attached hydrogen (secondary N) is 1. The molecule has 1 N–H and O–H groups in total. The minimum atomic E-state index is -0.333. The Morgan fingerprint density at radius 2 is 1.55 bits per heavy atom. The minimum absolute atomic E-state index is 0.185. The number of unbranched alkanes of at least 4 members (excludes halogenated alkanes) is 1. The van der Waals surface area contributed by atoms with Gasteiger partial charge in [0.25, 0.3) is 0 Å². The van der Waals surface area contributed by atoms with Crippen LogP contribution in [0.25, 0.3) is 5.57 Å². The number of rotatable bonds is 9. The number of aromatic nitrogens is 1. The molecule has 0 saturated heterocycles. The van der Waals surface area contributed by atoms with Crippen molar-refractivity contribution in [2.45, 2.75) is 19.3 Å². The molecule has 31 heavy (non-hydrogen) atoms. The number of halogens is 2. The Morgan fingerprint density at radius 3 is 2.13 bits per heavy atom. The van der Waals surface area contributed by atoms with Crippen LogP contribution in [0.15, 0.2) is 91.3 Å². The fourth-order valence-electron chi connectivity index (χ4n) is 3.12. The largest absolute Gasteiger partial charge is 0.353 e. The van der Waals surface area contributed by atoms with Crippen molar-refractivity contribution in [3.63, 3.8) is 0 Å². The van der Waals surface area contributed by atoms with Gasteiger partial charge < -0.3 is 5.32 Å². The molecular weight excluding hydrogens is 394 g/mol. The molecule has 1 heterocycles. The van der Waals surface area contributed by atoms with Crippen LogP contribution in [0.1, 0.15) is 29.5 Å². The van der Waals surface area contributed by atoms with E-state index >= 15 is 0 Å². The van der Waals surface area contributed by atoms with E-state index < -0.39 is 0 Å². The summed E-state index contributed by atoms with van der Waals surface area (Å²) in [4.78, 5) is 16.2. The van der Waals surface area contributed by atoms with Crippen molar-refractivity contribution in [2.24, 2.45) is 0 Å². The number of allylic oxidation sites excluding steroid dienone is 2. The third kappa shape index (κ3) is 7.30. The molecule has 0 aliphatic heterocycles. The number of carbonyl (C=O) groups is 1. The molecule has 5 heteroatoms. The van der Waals surface area contributed by atoms with Crippen molar-refractivity contribution in [1.29, 1.82) is 0 Å². The van der Waals surface area contributed by atoms with Gasteiger partial charge in [0.15, 0.2) is 0 Å². The second-order valence-electron chi connectivity index (χ2n) is 7.06. The summed E-state index contributed by atoms with van der Waals surface area (Å²) >= 11 is 0. The quantitative estimate of drug-likeness (QED) is 0.284. The van der Waals surface area contributed by atoms with Crippen molar-refractivity contribution in [2.75, 3.05) is 6.54 Å². The van der Waals surface area contributed by atoms with Gasteiger partial charge in [-0.05, 0) is 71.9 Å². The van der Waals surface area contributed by atoms with Gasteiger partial charge in [-0.2, -0.15) is 0 Å². The number of hydrogen-bond donors (Lipinski definition) is 1. The molecular formula is C26H24F2N2O. The third-order valence-electron chi connectivity index (χ3n) is 4.74. The van der Waals surface area contributed by atoms with Gasteiger partial charge >= 0.3 is 0 Å². The van der Waals surface area contributed by atoms with Gasteiger partial charge in [0.05, 0.1) is 0 Å². The fourth-order valence-corrected chi connectivity index (χ4v) is 3.12. The van der Waals surface area contributed by atoms with Crippen LogP contribution in [0.5, 0.6) is 0 Å². The molecule has 0 saturated carbocycles. The highest BCUT2D eigenvalue weighted by Gasteiger charge is 2.05. The van der Waals surface area contributed by atoms with Crippen LogP contribution in [0.4, 0.5) is 8.78 Å². The second-order valence-corrected chi connectivity index (χ2v) is 7.06. The lowest BCUT2D eigenvalue weighted by atomic mass is 9.97. The van der Waals surface area contributed by atoms with E-state index in [1.165, 1.54) is 35.9 Å². The zero-order chi connectivity index (χ0) is 21.9. The molecule has 0 radical (unpaired) electrons. The summed E-state index contributed by atoms with van der Waals surface area (Å²) in [6, 6.07) is 16.1. The maximum atomic E-state index is 13.3. The summed E-state index contributed by atoms with van der Waals surface area (Å²) in [5.41, 5.74) is 3.50. The van der Waals surface area contributed by atoms with Crippen molar-refractivity contribution < 1.29 is 13.6 Å². The van der Waals surface area contributed by atoms with Crippen LogP contribution in [0.2, 0.25) is 0 Å². The highest BCUT2D eigenvalue weighted by molar-refractivity contribution is 5.89. The monoisotopic (exact) mass is 418 g/mol. The van der Waals surface area contributed by atoms with Crippen LogP contribution < -0.4 is 5.32 Å². The molecule has 0 aliphatic carbocycles. The molecule has 3 rings (SSSR count). The Balaban J connectivity index is 1.56. The number of pyridine rings is 1. The maximum Gasteiger partial charge on any atom is 0.243 e. The summed E-state index contributed by atoms with van der Waals surface area (Å²) in [5.74, 6) is -0.850. The first-order chi connectivity index (χ1) is 15.1. The zero-order valence-corrected chi connectivity index (χ0v) is 17.1. The van der Waals surface area contributed by atoms with E-state index in [1.807, 2.05) is 18.3 Å². The molecule has 1 amide bonds. The summed E-state index contributed by atoms with van der Waals surface area (Å²) in [5, 5.41) is 2.87. The van der Waals surface area contributed by atoms with E-state index in [9.17, 15) is 13.6 Å². The first kappa shape index (κ1) is 22.1. The van der Waals surface area contributed by atoms with E-state index in [2.05, 4.69) is 10.3 Å². The molecule has 0 atom stereocenters. The summed E-state index contributed by atoms with van der Waals surface area (Å²) in [7, 11) is 0. The Morgan fingerprint density at radius 1 is 0.903 bits per heavy atom. The molecule has 0 aliphatic rings. The molecule has 0 unspecified atom stereocenters. The number of benzene rings is 2. The van der Waals surface area contributed by atoms with Gasteiger partial charge in [-0.3, -0.25) is 9.78 Å². The smallest absolute Gasteiger partial charge is 0.243 e. The van der Waals surface area contributed by atoms with E-state index in [1.54, 1.807) is 42.6 Å². The lowest BCUT2D eigenvalue weighted by Crippen LogP contribution is -2.22. The molecule has 1 aromatic heterocycles. The van der Waals surface area contributed by atoms with Crippen LogP contribution in [0, 0.1) is 11.6 Å². The van der Waals surface area contributed by atoms with Crippen LogP contribution in [-0.2, 0) is 11.2 Å². The first-order valence-electron chi connectivity index (χ1n) is 10.2. The fraction of sp³-hybridized carbons (Fsp3) is 0.154. The average molecular weight is 418 g/mol. The Kier molecular flexibility index (Phi) is 8.23. The molecule has 3 aromatic rings. The van der Waals surface area contributed by atoms with E-state index in [0.717, 1.165) is 36.0 Å². The van der Waals surface area contributed by atoms with Gasteiger partial charge in [-0.25, -0.2) is 8.78 Å². The summed E-state index contributed by atoms with van der Waals surface area (Å²) < 4.78 is 26.6. The Bertz CT molecular complexity index is 980. The Labute approximate surface area is 181 Å². The van der Waals surface area contributed by atoms with Gasteiger partial charge in [-0.15, -0.1) is 0 Å². The number of carbonyl (C=O) groups excluding carboxylic acids is 1. The predicted molar refractivity (Wildman–Crippen MR) is 119 cm³/mol. The van der Waals surface area contributed by atoms with E-state index in [0.29, 0.717) is 6.54 Å². The highest BCUT2D eigenvalue weighted by Crippen LogP contribution is 2.24. The molecule has 158 valence electrons. The lowest BCUT2D eigenvalue weighted by Gasteiger charge is -2.08. The predicted octanol–water partition coefficient (Wildman–Crippen LogP) is 5.49. The van der Waals surface area contributed by atoms with Gasteiger partial charge in [0.2, 0.25) is 5.91 Å². The van der Waals surface area contributed by atoms with E-state index in [4.69, 9.17) is 0 Å². The third-order valence-corrected chi connectivity index (χ3v) is 4.74. The minimum Gasteiger partial charge on any atom is -0.353 e. The van der Waals surface area contributed by atoms with Gasteiger partial charge in [0.1, 0.15) is 11.6 Å².